The van der Waals surface area contributed by atoms with Gasteiger partial charge in [-0.05, 0) is 42.8 Å². The minimum atomic E-state index is -1.09. The molecule has 2 aromatic rings. The Morgan fingerprint density at radius 2 is 1.90 bits per heavy atom. The molecular formula is C21H21F4N3O2S. The van der Waals surface area contributed by atoms with E-state index in [0.717, 1.165) is 30.3 Å². The van der Waals surface area contributed by atoms with Crippen LogP contribution in [0.1, 0.15) is 30.5 Å². The van der Waals surface area contributed by atoms with E-state index >= 15 is 0 Å². The number of hydrogen-bond donors (Lipinski definition) is 2. The average Bonchev–Trinajstić information content (AvgIpc) is 2.70. The van der Waals surface area contributed by atoms with E-state index in [1.807, 2.05) is 0 Å². The van der Waals surface area contributed by atoms with Gasteiger partial charge < -0.3 is 10.5 Å². The number of carbonyl (C=O) groups excluding carboxylic acids is 1. The third kappa shape index (κ3) is 5.13. The van der Waals surface area contributed by atoms with Crippen molar-refractivity contribution in [1.29, 1.82) is 0 Å². The Kier molecular flexibility index (Phi) is 7.11. The van der Waals surface area contributed by atoms with E-state index in [9.17, 15) is 22.4 Å². The number of amides is 1. The molecule has 2 atom stereocenters. The third-order valence-electron chi connectivity index (χ3n) is 5.03. The molecular weight excluding hydrogens is 434 g/mol. The van der Waals surface area contributed by atoms with Gasteiger partial charge in [-0.3, -0.25) is 10.2 Å². The standard InChI is InChI=1S/C21H21F4N3O2S/c1-11(29)28(27-20(31)7-13-6-14(22)2-3-16(13)23)21-12(4-5-26)10-30-19-9-18(25)17(24)8-15(19)21/h2-3,6,8-9,12,21H,4-5,7,10,26H2,1H3,(H,27,31). The molecule has 0 saturated heterocycles. The summed E-state index contributed by atoms with van der Waals surface area (Å²) in [6.07, 6.45) is 0.262. The number of carbonyl (C=O) groups is 1. The predicted octanol–water partition coefficient (Wildman–Crippen LogP) is 3.56. The van der Waals surface area contributed by atoms with Crippen LogP contribution in [0.2, 0.25) is 0 Å². The van der Waals surface area contributed by atoms with Crippen molar-refractivity contribution in [2.75, 3.05) is 13.2 Å². The minimum absolute atomic E-state index is 0.0139. The van der Waals surface area contributed by atoms with Crippen LogP contribution in [0, 0.1) is 29.2 Å². The van der Waals surface area contributed by atoms with E-state index in [-0.39, 0.29) is 47.4 Å². The molecule has 1 aliphatic rings. The first kappa shape index (κ1) is 23.0. The summed E-state index contributed by atoms with van der Waals surface area (Å²) in [5.41, 5.74) is 8.72. The number of nitrogens with two attached hydrogens (primary N) is 1. The Morgan fingerprint density at radius 3 is 2.58 bits per heavy atom. The lowest BCUT2D eigenvalue weighted by molar-refractivity contribution is -0.136. The maximum atomic E-state index is 14.0. The van der Waals surface area contributed by atoms with E-state index in [0.29, 0.717) is 6.42 Å². The molecule has 1 heterocycles. The normalized spacial score (nSPS) is 17.5. The molecule has 0 spiro atoms. The average molecular weight is 455 g/mol. The molecule has 0 aliphatic carbocycles. The van der Waals surface area contributed by atoms with E-state index < -0.39 is 35.2 Å². The highest BCUT2D eigenvalue weighted by molar-refractivity contribution is 7.80. The molecule has 3 rings (SSSR count). The van der Waals surface area contributed by atoms with Gasteiger partial charge in [0, 0.05) is 30.9 Å². The second-order valence-electron chi connectivity index (χ2n) is 7.23. The third-order valence-corrected chi connectivity index (χ3v) is 5.27. The molecule has 0 fully saturated rings. The van der Waals surface area contributed by atoms with Gasteiger partial charge in [0.25, 0.3) is 0 Å². The number of benzene rings is 2. The van der Waals surface area contributed by atoms with Crippen LogP contribution in [0.25, 0.3) is 0 Å². The zero-order valence-corrected chi connectivity index (χ0v) is 17.4. The van der Waals surface area contributed by atoms with Gasteiger partial charge in [-0.25, -0.2) is 22.6 Å². The highest BCUT2D eigenvalue weighted by Gasteiger charge is 2.38. The van der Waals surface area contributed by atoms with E-state index in [1.165, 1.54) is 11.9 Å². The number of thiocarbonyl (C=S) groups is 1. The van der Waals surface area contributed by atoms with E-state index in [4.69, 9.17) is 22.7 Å². The van der Waals surface area contributed by atoms with Gasteiger partial charge >= 0.3 is 0 Å². The Bertz CT molecular complexity index is 1000. The van der Waals surface area contributed by atoms with Crippen molar-refractivity contribution >= 4 is 23.1 Å². The Labute approximate surface area is 182 Å². The van der Waals surface area contributed by atoms with Crippen molar-refractivity contribution in [3.8, 4) is 5.75 Å². The second kappa shape index (κ2) is 9.61. The Hall–Kier alpha value is -2.72. The first-order valence-electron chi connectivity index (χ1n) is 9.56. The lowest BCUT2D eigenvalue weighted by Gasteiger charge is -2.40. The summed E-state index contributed by atoms with van der Waals surface area (Å²) < 4.78 is 60.7. The fourth-order valence-corrected chi connectivity index (χ4v) is 3.87. The van der Waals surface area contributed by atoms with E-state index in [1.54, 1.807) is 0 Å². The molecule has 2 unspecified atom stereocenters. The van der Waals surface area contributed by atoms with Crippen LogP contribution in [0.5, 0.6) is 5.75 Å². The molecule has 10 heteroatoms. The van der Waals surface area contributed by atoms with Crippen molar-refractivity contribution < 1.29 is 27.1 Å². The number of halogens is 4. The lowest BCUT2D eigenvalue weighted by atomic mass is 9.87. The van der Waals surface area contributed by atoms with Gasteiger partial charge in [0.2, 0.25) is 5.91 Å². The van der Waals surface area contributed by atoms with Crippen molar-refractivity contribution in [2.45, 2.75) is 25.8 Å². The maximum absolute atomic E-state index is 14.0. The number of ether oxygens (including phenoxy) is 1. The van der Waals surface area contributed by atoms with E-state index in [2.05, 4.69) is 5.43 Å². The molecule has 166 valence electrons. The topological polar surface area (TPSA) is 67.6 Å². The molecule has 0 saturated carbocycles. The lowest BCUT2D eigenvalue weighted by Crippen LogP contribution is -2.51. The van der Waals surface area contributed by atoms with Crippen LogP contribution in [-0.4, -0.2) is 29.1 Å². The quantitative estimate of drug-likeness (QED) is 0.410. The Balaban J connectivity index is 1.93. The first-order valence-corrected chi connectivity index (χ1v) is 9.97. The highest BCUT2D eigenvalue weighted by atomic mass is 32.1. The van der Waals surface area contributed by atoms with Crippen LogP contribution in [0.3, 0.4) is 0 Å². The molecule has 5 nitrogen and oxygen atoms in total. The summed E-state index contributed by atoms with van der Waals surface area (Å²) in [6, 6.07) is 4.12. The van der Waals surface area contributed by atoms with Gasteiger partial charge in [0.1, 0.15) is 17.4 Å². The molecule has 1 amide bonds. The van der Waals surface area contributed by atoms with Gasteiger partial charge in [0.15, 0.2) is 11.6 Å². The number of rotatable bonds is 5. The molecule has 0 radical (unpaired) electrons. The highest BCUT2D eigenvalue weighted by Crippen LogP contribution is 2.41. The minimum Gasteiger partial charge on any atom is -0.493 e. The van der Waals surface area contributed by atoms with Crippen LogP contribution in [-0.2, 0) is 11.2 Å². The van der Waals surface area contributed by atoms with Crippen molar-refractivity contribution in [1.82, 2.24) is 10.4 Å². The maximum Gasteiger partial charge on any atom is 0.238 e. The fourth-order valence-electron chi connectivity index (χ4n) is 3.62. The fraction of sp³-hybridized carbons (Fsp3) is 0.333. The van der Waals surface area contributed by atoms with Crippen molar-refractivity contribution in [2.24, 2.45) is 11.7 Å². The van der Waals surface area contributed by atoms with Crippen LogP contribution < -0.4 is 15.9 Å². The van der Waals surface area contributed by atoms with Crippen LogP contribution >= 0.6 is 12.2 Å². The number of nitrogens with zero attached hydrogens (tertiary/aromatic N) is 1. The Morgan fingerprint density at radius 1 is 1.19 bits per heavy atom. The molecule has 2 aromatic carbocycles. The summed E-state index contributed by atoms with van der Waals surface area (Å²) in [5, 5.41) is 1.18. The van der Waals surface area contributed by atoms with Gasteiger partial charge in [-0.2, -0.15) is 0 Å². The summed E-state index contributed by atoms with van der Waals surface area (Å²) in [4.78, 5) is 12.5. The summed E-state index contributed by atoms with van der Waals surface area (Å²) >= 11 is 5.27. The molecule has 31 heavy (non-hydrogen) atoms. The summed E-state index contributed by atoms with van der Waals surface area (Å²) in [7, 11) is 0. The largest absolute Gasteiger partial charge is 0.493 e. The SMILES string of the molecule is CC(=O)N(NC(=S)Cc1cc(F)ccc1F)C1c2cc(F)c(F)cc2OCC1CCN. The van der Waals surface area contributed by atoms with Crippen LogP contribution in [0.15, 0.2) is 30.3 Å². The number of hydrogen-bond acceptors (Lipinski definition) is 4. The zero-order valence-electron chi connectivity index (χ0n) is 16.6. The smallest absolute Gasteiger partial charge is 0.238 e. The van der Waals surface area contributed by atoms with Gasteiger partial charge in [-0.15, -0.1) is 0 Å². The van der Waals surface area contributed by atoms with Gasteiger partial charge in [0.05, 0.1) is 17.6 Å². The number of hydrazine groups is 1. The van der Waals surface area contributed by atoms with Gasteiger partial charge in [-0.1, -0.05) is 12.2 Å². The van der Waals surface area contributed by atoms with Crippen molar-refractivity contribution in [3.05, 3.63) is 64.7 Å². The molecule has 0 bridgehead atoms. The molecule has 3 N–H and O–H groups in total. The number of fused-ring (bicyclic) bond motifs is 1. The number of nitrogens with one attached hydrogen (secondary N) is 1. The van der Waals surface area contributed by atoms with Crippen LogP contribution in [0.4, 0.5) is 17.6 Å². The van der Waals surface area contributed by atoms with Crippen molar-refractivity contribution in [3.63, 3.8) is 0 Å². The second-order valence-corrected chi connectivity index (χ2v) is 7.73. The predicted molar refractivity (Wildman–Crippen MR) is 110 cm³/mol. The molecule has 0 aromatic heterocycles. The summed E-state index contributed by atoms with van der Waals surface area (Å²) in [6.45, 7) is 1.66. The summed E-state index contributed by atoms with van der Waals surface area (Å²) in [5.74, 6) is -4.13. The monoisotopic (exact) mass is 455 g/mol. The first-order chi connectivity index (χ1) is 14.7. The molecule has 1 aliphatic heterocycles. The zero-order chi connectivity index (χ0) is 22.7.